The zero-order valence-electron chi connectivity index (χ0n) is 17.9. The molecule has 1 fully saturated rings. The van der Waals surface area contributed by atoms with Crippen LogP contribution in [0.25, 0.3) is 22.2 Å². The molecule has 4 aromatic rings. The van der Waals surface area contributed by atoms with Gasteiger partial charge in [0.1, 0.15) is 6.73 Å². The molecule has 1 aliphatic rings. The second-order valence-electron chi connectivity index (χ2n) is 7.69. The lowest BCUT2D eigenvalue weighted by atomic mass is 10.0. The number of sulfonamides is 1. The Labute approximate surface area is 197 Å². The number of aromatic nitrogens is 2. The number of nitrogens with one attached hydrogen (secondary N) is 1. The average molecular weight is 479 g/mol. The van der Waals surface area contributed by atoms with Gasteiger partial charge < -0.3 is 9.46 Å². The molecule has 1 N–H and O–H groups in total. The highest BCUT2D eigenvalue weighted by molar-refractivity contribution is 8.00. The first-order chi connectivity index (χ1) is 16.0. The number of pyridine rings is 2. The molecule has 33 heavy (non-hydrogen) atoms. The summed E-state index contributed by atoms with van der Waals surface area (Å²) in [5.74, 6) is 0.00374. The number of ether oxygens (including phenoxy) is 1. The quantitative estimate of drug-likeness (QED) is 0.411. The second-order valence-corrected chi connectivity index (χ2v) is 10.6. The van der Waals surface area contributed by atoms with Crippen LogP contribution < -0.4 is 9.03 Å². The SMILES string of the molecule is Cc1ccc(NSc2ccc(N3COCCS3(=O)=O)cc2)cc1-c1ccc2cnccc2n1. The van der Waals surface area contributed by atoms with Crippen molar-refractivity contribution in [1.29, 1.82) is 0 Å². The van der Waals surface area contributed by atoms with Gasteiger partial charge in [-0.25, -0.2) is 17.7 Å². The maximum atomic E-state index is 12.2. The number of fused-ring (bicyclic) bond motifs is 1. The molecule has 0 saturated carbocycles. The van der Waals surface area contributed by atoms with E-state index in [1.165, 1.54) is 16.3 Å². The van der Waals surface area contributed by atoms with Gasteiger partial charge in [0.15, 0.2) is 0 Å². The summed E-state index contributed by atoms with van der Waals surface area (Å²) in [6, 6.07) is 19.5. The Hall–Kier alpha value is -3.14. The molecule has 0 amide bonds. The molecule has 0 atom stereocenters. The number of anilines is 2. The highest BCUT2D eigenvalue weighted by Crippen LogP contribution is 2.30. The molecular formula is C24H22N4O3S2. The Bertz CT molecular complexity index is 1410. The number of benzene rings is 2. The minimum atomic E-state index is -3.32. The van der Waals surface area contributed by atoms with E-state index in [1.807, 2.05) is 42.6 Å². The standard InChI is InChI=1S/C24H22N4O3S2/c1-17-2-4-19(14-22(17)24-9-3-18-15-25-11-10-23(18)26-24)27-32-21-7-5-20(6-8-21)28-16-31-12-13-33(28,29)30/h2-11,14-15,27H,12-13,16H2,1H3. The van der Waals surface area contributed by atoms with Crippen molar-refractivity contribution >= 4 is 44.2 Å². The number of rotatable bonds is 5. The fourth-order valence-electron chi connectivity index (χ4n) is 3.61. The third-order valence-electron chi connectivity index (χ3n) is 5.44. The normalized spacial score (nSPS) is 15.5. The van der Waals surface area contributed by atoms with Gasteiger partial charge in [0.05, 0.1) is 29.3 Å². The van der Waals surface area contributed by atoms with Crippen LogP contribution in [-0.4, -0.2) is 37.5 Å². The lowest BCUT2D eigenvalue weighted by Gasteiger charge is -2.28. The highest BCUT2D eigenvalue weighted by atomic mass is 32.2. The third kappa shape index (κ3) is 4.66. The highest BCUT2D eigenvalue weighted by Gasteiger charge is 2.26. The Kier molecular flexibility index (Phi) is 5.92. The molecule has 0 aliphatic carbocycles. The van der Waals surface area contributed by atoms with E-state index in [0.717, 1.165) is 38.3 Å². The van der Waals surface area contributed by atoms with Crippen LogP contribution in [0.1, 0.15) is 5.56 Å². The van der Waals surface area contributed by atoms with Crippen molar-refractivity contribution in [2.24, 2.45) is 0 Å². The van der Waals surface area contributed by atoms with E-state index in [4.69, 9.17) is 9.72 Å². The van der Waals surface area contributed by atoms with E-state index in [0.29, 0.717) is 5.69 Å². The van der Waals surface area contributed by atoms with E-state index < -0.39 is 10.0 Å². The molecule has 2 aromatic carbocycles. The van der Waals surface area contributed by atoms with Crippen molar-refractivity contribution in [3.8, 4) is 11.3 Å². The Morgan fingerprint density at radius 3 is 2.73 bits per heavy atom. The van der Waals surface area contributed by atoms with Crippen LogP contribution in [0.3, 0.4) is 0 Å². The number of aryl methyl sites for hydroxylation is 1. The summed E-state index contributed by atoms with van der Waals surface area (Å²) in [5.41, 5.74) is 5.58. The molecule has 168 valence electrons. The monoisotopic (exact) mass is 478 g/mol. The topological polar surface area (TPSA) is 84.4 Å². The zero-order valence-corrected chi connectivity index (χ0v) is 19.6. The third-order valence-corrected chi connectivity index (χ3v) is 7.96. The van der Waals surface area contributed by atoms with E-state index >= 15 is 0 Å². The Morgan fingerprint density at radius 2 is 1.91 bits per heavy atom. The Balaban J connectivity index is 1.32. The molecule has 0 unspecified atom stereocenters. The smallest absolute Gasteiger partial charge is 0.239 e. The molecule has 1 saturated heterocycles. The summed E-state index contributed by atoms with van der Waals surface area (Å²) in [7, 11) is -3.32. The summed E-state index contributed by atoms with van der Waals surface area (Å²) >= 11 is 1.46. The molecule has 1 aliphatic heterocycles. The van der Waals surface area contributed by atoms with Gasteiger partial charge in [-0.2, -0.15) is 0 Å². The van der Waals surface area contributed by atoms with Crippen LogP contribution in [0, 0.1) is 6.92 Å². The Morgan fingerprint density at radius 1 is 1.06 bits per heavy atom. The average Bonchev–Trinajstić information content (AvgIpc) is 2.83. The number of hydrogen-bond donors (Lipinski definition) is 1. The lowest BCUT2D eigenvalue weighted by molar-refractivity contribution is 0.149. The van der Waals surface area contributed by atoms with Crippen molar-refractivity contribution in [3.05, 3.63) is 78.6 Å². The van der Waals surface area contributed by atoms with Crippen molar-refractivity contribution in [1.82, 2.24) is 9.97 Å². The first-order valence-electron chi connectivity index (χ1n) is 10.4. The van der Waals surface area contributed by atoms with Crippen molar-refractivity contribution in [2.75, 3.05) is 28.1 Å². The van der Waals surface area contributed by atoms with Gasteiger partial charge in [-0.1, -0.05) is 6.07 Å². The van der Waals surface area contributed by atoms with Gasteiger partial charge in [0.25, 0.3) is 0 Å². The summed E-state index contributed by atoms with van der Waals surface area (Å²) in [4.78, 5) is 9.91. The van der Waals surface area contributed by atoms with Crippen molar-refractivity contribution < 1.29 is 13.2 Å². The predicted molar refractivity (Wildman–Crippen MR) is 133 cm³/mol. The van der Waals surface area contributed by atoms with Gasteiger partial charge >= 0.3 is 0 Å². The van der Waals surface area contributed by atoms with Crippen molar-refractivity contribution in [2.45, 2.75) is 11.8 Å². The van der Waals surface area contributed by atoms with Crippen LogP contribution in [0.15, 0.2) is 78.0 Å². The minimum absolute atomic E-state index is 0.00374. The van der Waals surface area contributed by atoms with Crippen molar-refractivity contribution in [3.63, 3.8) is 0 Å². The molecule has 0 radical (unpaired) electrons. The summed E-state index contributed by atoms with van der Waals surface area (Å²) in [6.45, 7) is 2.36. The molecule has 5 rings (SSSR count). The summed E-state index contributed by atoms with van der Waals surface area (Å²) < 4.78 is 34.5. The van der Waals surface area contributed by atoms with Gasteiger partial charge in [-0.15, -0.1) is 0 Å². The summed E-state index contributed by atoms with van der Waals surface area (Å²) in [6.07, 6.45) is 3.56. The maximum absolute atomic E-state index is 12.2. The maximum Gasteiger partial charge on any atom is 0.239 e. The molecule has 0 bridgehead atoms. The molecule has 2 aromatic heterocycles. The minimum Gasteiger partial charge on any atom is -0.359 e. The predicted octanol–water partition coefficient (Wildman–Crippen LogP) is 4.85. The molecular weight excluding hydrogens is 456 g/mol. The van der Waals surface area contributed by atoms with E-state index in [1.54, 1.807) is 18.3 Å². The fourth-order valence-corrected chi connectivity index (χ4v) is 5.47. The number of nitrogens with zero attached hydrogens (tertiary/aromatic N) is 3. The largest absolute Gasteiger partial charge is 0.359 e. The first kappa shape index (κ1) is 21.7. The molecule has 9 heteroatoms. The first-order valence-corrected chi connectivity index (χ1v) is 12.9. The van der Waals surface area contributed by atoms with Crippen LogP contribution in [0.5, 0.6) is 0 Å². The van der Waals surface area contributed by atoms with Crippen LogP contribution in [0.4, 0.5) is 11.4 Å². The van der Waals surface area contributed by atoms with Crippen LogP contribution >= 0.6 is 11.9 Å². The van der Waals surface area contributed by atoms with E-state index in [2.05, 4.69) is 28.8 Å². The van der Waals surface area contributed by atoms with E-state index in [9.17, 15) is 8.42 Å². The van der Waals surface area contributed by atoms with Crippen LogP contribution in [0.2, 0.25) is 0 Å². The van der Waals surface area contributed by atoms with Gasteiger partial charge in [-0.05, 0) is 79.0 Å². The lowest BCUT2D eigenvalue weighted by Crippen LogP contribution is -2.41. The van der Waals surface area contributed by atoms with Gasteiger partial charge in [0.2, 0.25) is 10.0 Å². The van der Waals surface area contributed by atoms with Gasteiger partial charge in [0, 0.05) is 33.9 Å². The molecule has 0 spiro atoms. The number of hydrogen-bond acceptors (Lipinski definition) is 7. The fraction of sp³-hybridized carbons (Fsp3) is 0.167. The van der Waals surface area contributed by atoms with Gasteiger partial charge in [-0.3, -0.25) is 4.98 Å². The zero-order chi connectivity index (χ0) is 22.8. The molecule has 3 heterocycles. The molecule has 7 nitrogen and oxygen atoms in total. The van der Waals surface area contributed by atoms with Crippen LogP contribution in [-0.2, 0) is 14.8 Å². The van der Waals surface area contributed by atoms with E-state index in [-0.39, 0.29) is 19.1 Å². The second kappa shape index (κ2) is 9.01. The summed E-state index contributed by atoms with van der Waals surface area (Å²) in [5, 5.41) is 1.01.